The third-order valence-electron chi connectivity index (χ3n) is 12.6. The number of carbonyl (C=O) groups is 7. The van der Waals surface area contributed by atoms with Gasteiger partial charge in [0.05, 0.1) is 24.8 Å². The summed E-state index contributed by atoms with van der Waals surface area (Å²) >= 11 is 0. The number of amides is 6. The van der Waals surface area contributed by atoms with Gasteiger partial charge < -0.3 is 31.1 Å². The molecule has 0 bridgehead atoms. The number of nitrogens with one attached hydrogen (secondary N) is 4. The molecule has 5 aliphatic rings. The van der Waals surface area contributed by atoms with E-state index in [4.69, 9.17) is 0 Å². The van der Waals surface area contributed by atoms with Gasteiger partial charge >= 0.3 is 0 Å². The lowest BCUT2D eigenvalue weighted by molar-refractivity contribution is -0.145. The third kappa shape index (κ3) is 9.00. The Labute approximate surface area is 335 Å². The Hall–Kier alpha value is -4.47. The topological polar surface area (TPSA) is 203 Å². The van der Waals surface area contributed by atoms with Crippen LogP contribution in [0.15, 0.2) is 18.6 Å². The van der Waals surface area contributed by atoms with E-state index < -0.39 is 70.6 Å². The largest absolute Gasteiger partial charge is 0.347 e. The van der Waals surface area contributed by atoms with Crippen LogP contribution in [0.5, 0.6) is 0 Å². The Morgan fingerprint density at radius 2 is 1.67 bits per heavy atom. The summed E-state index contributed by atoms with van der Waals surface area (Å²) in [4.78, 5) is 111. The average Bonchev–Trinajstić information content (AvgIpc) is 3.62. The number of likely N-dealkylation sites (N-methyl/N-ethyl adjacent to an activating group) is 1. The number of aromatic nitrogens is 2. The SMILES string of the molecule is CCCCC(NC(=O)[C@@H]1CC2(CN1C(=O)[C@@H](NC(=O)[C@@H](NC(=O)c1cnccn1)C1CCCCC1)C(C)(C)C)N(CC)C(=O)[C@@H]1CCCN12)C(=O)C(=O)NC1CC1. The summed E-state index contributed by atoms with van der Waals surface area (Å²) < 4.78 is 0. The highest BCUT2D eigenvalue weighted by Gasteiger charge is 2.64. The molecule has 4 heterocycles. The number of likely N-dealkylation sites (tertiary alicyclic amines) is 1. The lowest BCUT2D eigenvalue weighted by Gasteiger charge is -2.40. The number of carbonyl (C=O) groups excluding carboxylic acids is 7. The van der Waals surface area contributed by atoms with E-state index >= 15 is 4.79 Å². The quantitative estimate of drug-likeness (QED) is 0.190. The van der Waals surface area contributed by atoms with Crippen LogP contribution in [0.4, 0.5) is 0 Å². The second-order valence-corrected chi connectivity index (χ2v) is 17.7. The monoisotopic (exact) mass is 791 g/mol. The lowest BCUT2D eigenvalue weighted by Crippen LogP contribution is -2.62. The Morgan fingerprint density at radius 1 is 0.930 bits per heavy atom. The number of ketones is 1. The van der Waals surface area contributed by atoms with Crippen molar-refractivity contribution < 1.29 is 33.6 Å². The van der Waals surface area contributed by atoms with Crippen molar-refractivity contribution in [3.63, 3.8) is 0 Å². The molecule has 1 aromatic heterocycles. The molecule has 5 fully saturated rings. The highest BCUT2D eigenvalue weighted by Crippen LogP contribution is 2.46. The second kappa shape index (κ2) is 17.6. The molecule has 16 heteroatoms. The Morgan fingerprint density at radius 3 is 2.30 bits per heavy atom. The third-order valence-corrected chi connectivity index (χ3v) is 12.6. The van der Waals surface area contributed by atoms with Crippen molar-refractivity contribution >= 4 is 41.2 Å². The number of rotatable bonds is 15. The first kappa shape index (κ1) is 42.1. The van der Waals surface area contributed by atoms with Crippen LogP contribution in [-0.2, 0) is 28.8 Å². The summed E-state index contributed by atoms with van der Waals surface area (Å²) in [6.07, 6.45) is 13.2. The molecule has 6 amide bonds. The fraction of sp³-hybridized carbons (Fsp3) is 0.732. The van der Waals surface area contributed by atoms with Crippen LogP contribution in [0.1, 0.15) is 129 Å². The maximum absolute atomic E-state index is 15.2. The van der Waals surface area contributed by atoms with Crippen molar-refractivity contribution in [1.82, 2.24) is 45.9 Å². The zero-order chi connectivity index (χ0) is 41.1. The molecule has 6 rings (SSSR count). The lowest BCUT2D eigenvalue weighted by atomic mass is 9.82. The predicted octanol–water partition coefficient (Wildman–Crippen LogP) is 1.83. The van der Waals surface area contributed by atoms with Gasteiger partial charge in [-0.15, -0.1) is 0 Å². The van der Waals surface area contributed by atoms with Crippen molar-refractivity contribution in [2.75, 3.05) is 19.6 Å². The summed E-state index contributed by atoms with van der Waals surface area (Å²) in [5.74, 6) is -3.83. The van der Waals surface area contributed by atoms with Gasteiger partial charge in [0.25, 0.3) is 11.8 Å². The molecule has 3 saturated heterocycles. The van der Waals surface area contributed by atoms with Crippen molar-refractivity contribution in [1.29, 1.82) is 0 Å². The Bertz CT molecular complexity index is 1690. The molecule has 57 heavy (non-hydrogen) atoms. The van der Waals surface area contributed by atoms with Crippen LogP contribution in [0.3, 0.4) is 0 Å². The molecule has 2 unspecified atom stereocenters. The van der Waals surface area contributed by atoms with Crippen molar-refractivity contribution in [2.24, 2.45) is 11.3 Å². The zero-order valence-corrected chi connectivity index (χ0v) is 34.2. The minimum atomic E-state index is -1.14. The van der Waals surface area contributed by atoms with Gasteiger partial charge in [0, 0.05) is 37.9 Å². The molecule has 16 nitrogen and oxygen atoms in total. The predicted molar refractivity (Wildman–Crippen MR) is 209 cm³/mol. The van der Waals surface area contributed by atoms with Crippen LogP contribution in [0.25, 0.3) is 0 Å². The number of fused-ring (bicyclic) bond motifs is 2. The summed E-state index contributed by atoms with van der Waals surface area (Å²) in [5.41, 5.74) is -1.76. The highest BCUT2D eigenvalue weighted by atomic mass is 16.2. The molecule has 3 aliphatic heterocycles. The van der Waals surface area contributed by atoms with Gasteiger partial charge in [0.15, 0.2) is 0 Å². The molecule has 1 aromatic rings. The van der Waals surface area contributed by atoms with Gasteiger partial charge in [0.1, 0.15) is 29.5 Å². The smallest absolute Gasteiger partial charge is 0.289 e. The number of hydrogen-bond acceptors (Lipinski definition) is 10. The van der Waals surface area contributed by atoms with E-state index in [1.807, 2.05) is 34.6 Å². The van der Waals surface area contributed by atoms with Gasteiger partial charge in [-0.05, 0) is 63.2 Å². The second-order valence-electron chi connectivity index (χ2n) is 17.7. The number of nitrogens with zero attached hydrogens (tertiary/aromatic N) is 5. The van der Waals surface area contributed by atoms with E-state index in [2.05, 4.69) is 36.1 Å². The fourth-order valence-electron chi connectivity index (χ4n) is 9.38. The molecule has 2 saturated carbocycles. The summed E-state index contributed by atoms with van der Waals surface area (Å²) in [6, 6.07) is -4.71. The summed E-state index contributed by atoms with van der Waals surface area (Å²) in [7, 11) is 0. The van der Waals surface area contributed by atoms with Gasteiger partial charge in [-0.1, -0.05) is 59.8 Å². The first-order chi connectivity index (χ1) is 27.2. The van der Waals surface area contributed by atoms with Crippen LogP contribution >= 0.6 is 0 Å². The summed E-state index contributed by atoms with van der Waals surface area (Å²) in [6.45, 7) is 10.3. The normalized spacial score (nSPS) is 25.5. The Balaban J connectivity index is 1.31. The minimum Gasteiger partial charge on any atom is -0.347 e. The van der Waals surface area contributed by atoms with Crippen molar-refractivity contribution in [3.8, 4) is 0 Å². The number of unbranched alkanes of at least 4 members (excludes halogenated alkanes) is 1. The van der Waals surface area contributed by atoms with Crippen LogP contribution in [-0.4, -0.2) is 127 Å². The van der Waals surface area contributed by atoms with Crippen molar-refractivity contribution in [3.05, 3.63) is 24.3 Å². The Kier molecular flexibility index (Phi) is 13.0. The van der Waals surface area contributed by atoms with Crippen LogP contribution in [0, 0.1) is 11.3 Å². The fourth-order valence-corrected chi connectivity index (χ4v) is 9.38. The standard InChI is InChI=1S/C41H61N9O7/c1-6-8-15-27(32(51)37(55)44-26-17-18-26)45-35(53)30-22-41(49(7-2)38(56)29-16-12-21-50(29)41)24-48(30)39(57)33(40(3,4)5)47-36(54)31(25-13-10-9-11-14-25)46-34(52)28-23-42-19-20-43-28/h19-20,23,25-27,29-31,33H,6-18,21-22,24H2,1-5H3,(H,44,55)(H,45,53)(H,46,52)(H,47,54)/t27?,29-,30-,31-,33+,41?/m0/s1. The molecular weight excluding hydrogens is 731 g/mol. The summed E-state index contributed by atoms with van der Waals surface area (Å²) in [5, 5.41) is 11.5. The number of hydrogen-bond donors (Lipinski definition) is 4. The number of Topliss-reactive ketones (excluding diaryl/α,β-unsaturated/α-hetero) is 1. The maximum atomic E-state index is 15.2. The average molecular weight is 792 g/mol. The van der Waals surface area contributed by atoms with E-state index in [-0.39, 0.29) is 49.0 Å². The van der Waals surface area contributed by atoms with Crippen molar-refractivity contribution in [2.45, 2.75) is 160 Å². The van der Waals surface area contributed by atoms with E-state index in [0.717, 1.165) is 57.8 Å². The molecule has 0 aromatic carbocycles. The molecule has 312 valence electrons. The van der Waals surface area contributed by atoms with E-state index in [9.17, 15) is 28.8 Å². The first-order valence-corrected chi connectivity index (χ1v) is 21.1. The van der Waals surface area contributed by atoms with E-state index in [1.54, 1.807) is 4.90 Å². The van der Waals surface area contributed by atoms with Gasteiger partial charge in [-0.25, -0.2) is 4.98 Å². The molecule has 2 aliphatic carbocycles. The maximum Gasteiger partial charge on any atom is 0.289 e. The van der Waals surface area contributed by atoms with Gasteiger partial charge in [-0.3, -0.25) is 43.4 Å². The zero-order valence-electron chi connectivity index (χ0n) is 34.2. The van der Waals surface area contributed by atoms with E-state index in [1.165, 1.54) is 23.5 Å². The molecule has 1 spiro atoms. The first-order valence-electron chi connectivity index (χ1n) is 21.1. The van der Waals surface area contributed by atoms with Crippen LogP contribution < -0.4 is 21.3 Å². The molecule has 6 atom stereocenters. The highest BCUT2D eigenvalue weighted by molar-refractivity contribution is 6.38. The van der Waals surface area contributed by atoms with E-state index in [0.29, 0.717) is 25.9 Å². The van der Waals surface area contributed by atoms with Crippen LogP contribution in [0.2, 0.25) is 0 Å². The van der Waals surface area contributed by atoms with Gasteiger partial charge in [-0.2, -0.15) is 0 Å². The molecule has 0 radical (unpaired) electrons. The molecule has 4 N–H and O–H groups in total. The van der Waals surface area contributed by atoms with Gasteiger partial charge in [0.2, 0.25) is 29.4 Å². The minimum absolute atomic E-state index is 0.0215. The molecular formula is C41H61N9O7.